The van der Waals surface area contributed by atoms with Gasteiger partial charge in [-0.15, -0.1) is 0 Å². The number of nitrogens with one attached hydrogen (secondary N) is 1. The Labute approximate surface area is 126 Å². The van der Waals surface area contributed by atoms with E-state index >= 15 is 0 Å². The van der Waals surface area contributed by atoms with Gasteiger partial charge in [0.15, 0.2) is 0 Å². The summed E-state index contributed by atoms with van der Waals surface area (Å²) in [5, 5.41) is 10.0. The van der Waals surface area contributed by atoms with Crippen molar-refractivity contribution < 1.29 is 14.6 Å². The van der Waals surface area contributed by atoms with Crippen LogP contribution in [0.5, 0.6) is 0 Å². The maximum absolute atomic E-state index is 11.8. The summed E-state index contributed by atoms with van der Waals surface area (Å²) in [7, 11) is 0. The summed E-state index contributed by atoms with van der Waals surface area (Å²) in [4.78, 5) is 11.8. The molecule has 0 radical (unpaired) electrons. The number of hydrogen-bond acceptors (Lipinski definition) is 4. The van der Waals surface area contributed by atoms with Gasteiger partial charge in [0, 0.05) is 12.5 Å². The van der Waals surface area contributed by atoms with E-state index in [4.69, 9.17) is 10.6 Å². The van der Waals surface area contributed by atoms with Gasteiger partial charge in [-0.3, -0.25) is 10.2 Å². The van der Waals surface area contributed by atoms with E-state index < -0.39 is 6.10 Å². The molecule has 0 spiro atoms. The van der Waals surface area contributed by atoms with Gasteiger partial charge in [0.2, 0.25) is 5.91 Å². The summed E-state index contributed by atoms with van der Waals surface area (Å²) in [5.41, 5.74) is 3.22. The van der Waals surface area contributed by atoms with Crippen LogP contribution in [0.15, 0.2) is 30.3 Å². The van der Waals surface area contributed by atoms with Gasteiger partial charge in [-0.2, -0.15) is 0 Å². The van der Waals surface area contributed by atoms with Crippen LogP contribution >= 0.6 is 0 Å². The Kier molecular flexibility index (Phi) is 7.97. The first-order valence-electron chi connectivity index (χ1n) is 7.33. The summed E-state index contributed by atoms with van der Waals surface area (Å²) < 4.78 is 5.41. The molecule has 0 aliphatic rings. The van der Waals surface area contributed by atoms with E-state index in [2.05, 4.69) is 5.43 Å². The summed E-state index contributed by atoms with van der Waals surface area (Å²) in [6, 6.07) is 9.69. The van der Waals surface area contributed by atoms with Crippen LogP contribution in [0.25, 0.3) is 0 Å². The van der Waals surface area contributed by atoms with Crippen molar-refractivity contribution >= 4 is 5.91 Å². The van der Waals surface area contributed by atoms with E-state index in [1.54, 1.807) is 0 Å². The predicted octanol–water partition coefficient (Wildman–Crippen LogP) is 1.26. The van der Waals surface area contributed by atoms with Crippen molar-refractivity contribution in [3.8, 4) is 0 Å². The Morgan fingerprint density at radius 1 is 1.29 bits per heavy atom. The highest BCUT2D eigenvalue weighted by atomic mass is 16.5. The number of carbonyl (C=O) groups excluding carboxylic acids is 1. The highest BCUT2D eigenvalue weighted by Gasteiger charge is 2.22. The SMILES string of the molecule is CC(C)COC[C@H](O)C[C@H](Cc1ccccc1)C(=O)NN. The van der Waals surface area contributed by atoms with E-state index in [1.807, 2.05) is 44.2 Å². The Hall–Kier alpha value is -1.43. The van der Waals surface area contributed by atoms with E-state index in [0.29, 0.717) is 25.4 Å². The van der Waals surface area contributed by atoms with Crippen molar-refractivity contribution in [1.82, 2.24) is 5.43 Å². The average molecular weight is 294 g/mol. The molecule has 4 N–H and O–H groups in total. The second kappa shape index (κ2) is 9.50. The molecule has 5 heteroatoms. The number of amides is 1. The van der Waals surface area contributed by atoms with E-state index in [1.165, 1.54) is 0 Å². The van der Waals surface area contributed by atoms with E-state index in [-0.39, 0.29) is 18.4 Å². The van der Waals surface area contributed by atoms with Gasteiger partial charge < -0.3 is 9.84 Å². The summed E-state index contributed by atoms with van der Waals surface area (Å²) >= 11 is 0. The van der Waals surface area contributed by atoms with Crippen LogP contribution in [-0.2, 0) is 16.0 Å². The number of ether oxygens (including phenoxy) is 1. The Bertz CT molecular complexity index is 409. The minimum absolute atomic E-state index is 0.237. The molecule has 0 saturated heterocycles. The van der Waals surface area contributed by atoms with Gasteiger partial charge in [0.25, 0.3) is 0 Å². The van der Waals surface area contributed by atoms with Gasteiger partial charge in [-0.05, 0) is 24.3 Å². The molecule has 0 aliphatic carbocycles. The van der Waals surface area contributed by atoms with Crippen molar-refractivity contribution in [1.29, 1.82) is 0 Å². The fourth-order valence-corrected chi connectivity index (χ4v) is 2.14. The highest BCUT2D eigenvalue weighted by Crippen LogP contribution is 2.15. The number of hydrazine groups is 1. The lowest BCUT2D eigenvalue weighted by molar-refractivity contribution is -0.126. The number of hydrogen-bond donors (Lipinski definition) is 3. The molecule has 1 aromatic rings. The molecule has 1 aromatic carbocycles. The van der Waals surface area contributed by atoms with E-state index in [9.17, 15) is 9.90 Å². The fourth-order valence-electron chi connectivity index (χ4n) is 2.14. The van der Waals surface area contributed by atoms with Crippen molar-refractivity contribution in [2.45, 2.75) is 32.8 Å². The fraction of sp³-hybridized carbons (Fsp3) is 0.562. The quantitative estimate of drug-likeness (QED) is 0.364. The van der Waals surface area contributed by atoms with Crippen LogP contribution in [0.4, 0.5) is 0 Å². The number of rotatable bonds is 9. The summed E-state index contributed by atoms with van der Waals surface area (Å²) in [6.07, 6.45) is 0.205. The molecule has 0 aromatic heterocycles. The first-order chi connectivity index (χ1) is 10.0. The predicted molar refractivity (Wildman–Crippen MR) is 82.2 cm³/mol. The zero-order chi connectivity index (χ0) is 15.7. The van der Waals surface area contributed by atoms with Gasteiger partial charge >= 0.3 is 0 Å². The molecule has 1 rings (SSSR count). The third-order valence-corrected chi connectivity index (χ3v) is 3.16. The molecular formula is C16H26N2O3. The zero-order valence-corrected chi connectivity index (χ0v) is 12.8. The summed E-state index contributed by atoms with van der Waals surface area (Å²) in [6.45, 7) is 4.93. The lowest BCUT2D eigenvalue weighted by Crippen LogP contribution is -2.39. The average Bonchev–Trinajstić information content (AvgIpc) is 2.46. The van der Waals surface area contributed by atoms with Crippen LogP contribution in [0, 0.1) is 11.8 Å². The standard InChI is InChI=1S/C16H26N2O3/c1-12(2)10-21-11-15(19)9-14(16(20)18-17)8-13-6-4-3-5-7-13/h3-7,12,14-15,19H,8-11,17H2,1-2H3,(H,18,20)/t14-,15+/m0/s1. The van der Waals surface area contributed by atoms with Gasteiger partial charge in [-0.25, -0.2) is 5.84 Å². The normalized spacial score (nSPS) is 14.0. The third kappa shape index (κ3) is 7.22. The van der Waals surface area contributed by atoms with Gasteiger partial charge in [0.1, 0.15) is 0 Å². The Morgan fingerprint density at radius 2 is 1.95 bits per heavy atom. The second-order valence-electron chi connectivity index (χ2n) is 5.72. The number of aliphatic hydroxyl groups excluding tert-OH is 1. The maximum atomic E-state index is 11.8. The molecule has 0 fully saturated rings. The Balaban J connectivity index is 2.52. The Morgan fingerprint density at radius 3 is 2.52 bits per heavy atom. The molecule has 0 aliphatic heterocycles. The smallest absolute Gasteiger partial charge is 0.237 e. The molecule has 21 heavy (non-hydrogen) atoms. The molecular weight excluding hydrogens is 268 g/mol. The largest absolute Gasteiger partial charge is 0.391 e. The maximum Gasteiger partial charge on any atom is 0.237 e. The van der Waals surface area contributed by atoms with Crippen LogP contribution in [0.1, 0.15) is 25.8 Å². The van der Waals surface area contributed by atoms with Gasteiger partial charge in [0.05, 0.1) is 12.7 Å². The first kappa shape index (κ1) is 17.6. The van der Waals surface area contributed by atoms with Crippen LogP contribution in [-0.4, -0.2) is 30.3 Å². The number of aliphatic hydroxyl groups is 1. The third-order valence-electron chi connectivity index (χ3n) is 3.16. The van der Waals surface area contributed by atoms with Crippen molar-refractivity contribution in [3.63, 3.8) is 0 Å². The highest BCUT2D eigenvalue weighted by molar-refractivity contribution is 5.78. The monoisotopic (exact) mass is 294 g/mol. The van der Waals surface area contributed by atoms with Crippen LogP contribution < -0.4 is 11.3 Å². The lowest BCUT2D eigenvalue weighted by Gasteiger charge is -2.19. The second-order valence-corrected chi connectivity index (χ2v) is 5.72. The van der Waals surface area contributed by atoms with Crippen molar-refractivity contribution in [2.24, 2.45) is 17.7 Å². The van der Waals surface area contributed by atoms with Crippen LogP contribution in [0.3, 0.4) is 0 Å². The number of nitrogens with two attached hydrogens (primary N) is 1. The first-order valence-corrected chi connectivity index (χ1v) is 7.33. The molecule has 0 saturated carbocycles. The lowest BCUT2D eigenvalue weighted by atomic mass is 9.93. The minimum Gasteiger partial charge on any atom is -0.391 e. The number of carbonyl (C=O) groups is 1. The zero-order valence-electron chi connectivity index (χ0n) is 12.8. The molecule has 5 nitrogen and oxygen atoms in total. The van der Waals surface area contributed by atoms with E-state index in [0.717, 1.165) is 5.56 Å². The molecule has 2 atom stereocenters. The molecule has 0 bridgehead atoms. The molecule has 0 unspecified atom stereocenters. The van der Waals surface area contributed by atoms with Crippen molar-refractivity contribution in [3.05, 3.63) is 35.9 Å². The van der Waals surface area contributed by atoms with Crippen LogP contribution in [0.2, 0.25) is 0 Å². The van der Waals surface area contributed by atoms with Gasteiger partial charge in [-0.1, -0.05) is 44.2 Å². The van der Waals surface area contributed by atoms with Crippen molar-refractivity contribution in [2.75, 3.05) is 13.2 Å². The molecule has 118 valence electrons. The molecule has 0 heterocycles. The topological polar surface area (TPSA) is 84.6 Å². The number of benzene rings is 1. The summed E-state index contributed by atoms with van der Waals surface area (Å²) in [5.74, 6) is 5.02. The molecule has 1 amide bonds. The minimum atomic E-state index is -0.672.